The smallest absolute Gasteiger partial charge is 0.406 e. The van der Waals surface area contributed by atoms with Crippen molar-refractivity contribution in [1.82, 2.24) is 0 Å². The summed E-state index contributed by atoms with van der Waals surface area (Å²) in [6.45, 7) is -0.180. The number of hydrogen-bond acceptors (Lipinski definition) is 2. The van der Waals surface area contributed by atoms with Crippen LogP contribution in [0.3, 0.4) is 0 Å². The van der Waals surface area contributed by atoms with Gasteiger partial charge in [0.25, 0.3) is 0 Å². The predicted octanol–water partition coefficient (Wildman–Crippen LogP) is 2.60. The molecular formula is C8H8ClF4NO. The first-order chi connectivity index (χ1) is 6.42. The van der Waals surface area contributed by atoms with E-state index in [0.717, 1.165) is 18.2 Å². The highest BCUT2D eigenvalue weighted by Gasteiger charge is 2.31. The van der Waals surface area contributed by atoms with Gasteiger partial charge in [0.1, 0.15) is 11.6 Å². The fraction of sp³-hybridized carbons (Fsp3) is 0.250. The van der Waals surface area contributed by atoms with Gasteiger partial charge in [-0.1, -0.05) is 0 Å². The fourth-order valence-electron chi connectivity index (χ4n) is 0.905. The summed E-state index contributed by atoms with van der Waals surface area (Å²) in [7, 11) is 0. The lowest BCUT2D eigenvalue weighted by atomic mass is 10.2. The molecule has 0 bridgehead atoms. The van der Waals surface area contributed by atoms with Gasteiger partial charge in [-0.05, 0) is 18.2 Å². The van der Waals surface area contributed by atoms with E-state index in [1.807, 2.05) is 0 Å². The Labute approximate surface area is 89.4 Å². The average Bonchev–Trinajstić information content (AvgIpc) is 2.06. The Morgan fingerprint density at radius 1 is 1.27 bits per heavy atom. The molecule has 0 atom stereocenters. The van der Waals surface area contributed by atoms with Crippen molar-refractivity contribution in [2.24, 2.45) is 5.73 Å². The Morgan fingerprint density at radius 2 is 1.87 bits per heavy atom. The van der Waals surface area contributed by atoms with Crippen LogP contribution in [-0.4, -0.2) is 6.36 Å². The maximum atomic E-state index is 12.8. The number of ether oxygens (including phenoxy) is 1. The number of halogens is 5. The van der Waals surface area contributed by atoms with Crippen LogP contribution in [0.4, 0.5) is 17.6 Å². The van der Waals surface area contributed by atoms with Gasteiger partial charge < -0.3 is 10.5 Å². The highest BCUT2D eigenvalue weighted by molar-refractivity contribution is 5.85. The van der Waals surface area contributed by atoms with Crippen molar-refractivity contribution in [1.29, 1.82) is 0 Å². The molecule has 0 aliphatic heterocycles. The molecule has 0 amide bonds. The van der Waals surface area contributed by atoms with Crippen molar-refractivity contribution >= 4 is 12.4 Å². The van der Waals surface area contributed by atoms with Gasteiger partial charge in [0.05, 0.1) is 0 Å². The standard InChI is InChI=1S/C8H7F4NO.ClH/c9-7-2-1-6(3-5(7)4-13)14-8(10,11)12;/h1-3H,4,13H2;1H. The zero-order valence-corrected chi connectivity index (χ0v) is 8.16. The Balaban J connectivity index is 0.00000196. The van der Waals surface area contributed by atoms with Crippen LogP contribution in [0.2, 0.25) is 0 Å². The molecular weight excluding hydrogens is 238 g/mol. The highest BCUT2D eigenvalue weighted by Crippen LogP contribution is 2.24. The third-order valence-corrected chi connectivity index (χ3v) is 1.47. The number of rotatable bonds is 2. The zero-order chi connectivity index (χ0) is 10.8. The molecule has 1 rings (SSSR count). The number of hydrogen-bond donors (Lipinski definition) is 1. The second-order valence-electron chi connectivity index (χ2n) is 2.51. The van der Waals surface area contributed by atoms with Crippen LogP contribution in [0, 0.1) is 5.82 Å². The SMILES string of the molecule is Cl.NCc1cc(OC(F)(F)F)ccc1F. The minimum absolute atomic E-state index is 0. The summed E-state index contributed by atoms with van der Waals surface area (Å²) >= 11 is 0. The van der Waals surface area contributed by atoms with Gasteiger partial charge in [-0.15, -0.1) is 25.6 Å². The number of benzene rings is 1. The summed E-state index contributed by atoms with van der Waals surface area (Å²) in [6, 6.07) is 2.69. The van der Waals surface area contributed by atoms with E-state index in [-0.39, 0.29) is 24.5 Å². The van der Waals surface area contributed by atoms with Crippen LogP contribution < -0.4 is 10.5 Å². The quantitative estimate of drug-likeness (QED) is 0.813. The van der Waals surface area contributed by atoms with Crippen molar-refractivity contribution in [3.8, 4) is 5.75 Å². The summed E-state index contributed by atoms with van der Waals surface area (Å²) in [6.07, 6.45) is -4.77. The van der Waals surface area contributed by atoms with Crippen LogP contribution in [0.15, 0.2) is 18.2 Å². The normalized spacial score (nSPS) is 10.7. The van der Waals surface area contributed by atoms with Crippen molar-refractivity contribution in [3.05, 3.63) is 29.6 Å². The molecule has 0 aromatic heterocycles. The molecule has 0 heterocycles. The van der Waals surface area contributed by atoms with E-state index in [1.54, 1.807) is 0 Å². The number of alkyl halides is 3. The fourth-order valence-corrected chi connectivity index (χ4v) is 0.905. The summed E-state index contributed by atoms with van der Waals surface area (Å²) in [5.74, 6) is -1.12. The summed E-state index contributed by atoms with van der Waals surface area (Å²) in [5.41, 5.74) is 5.08. The van der Waals surface area contributed by atoms with Gasteiger partial charge in [-0.2, -0.15) is 0 Å². The highest BCUT2D eigenvalue weighted by atomic mass is 35.5. The third kappa shape index (κ3) is 4.35. The molecule has 0 unspecified atom stereocenters. The lowest BCUT2D eigenvalue weighted by Crippen LogP contribution is -2.17. The maximum absolute atomic E-state index is 12.8. The lowest BCUT2D eigenvalue weighted by molar-refractivity contribution is -0.274. The van der Waals surface area contributed by atoms with Gasteiger partial charge in [0, 0.05) is 12.1 Å². The van der Waals surface area contributed by atoms with Crippen LogP contribution in [0.1, 0.15) is 5.56 Å². The van der Waals surface area contributed by atoms with E-state index in [0.29, 0.717) is 0 Å². The number of nitrogens with two attached hydrogens (primary N) is 1. The second kappa shape index (κ2) is 5.18. The molecule has 1 aromatic carbocycles. The molecule has 15 heavy (non-hydrogen) atoms. The maximum Gasteiger partial charge on any atom is 0.573 e. The summed E-state index contributed by atoms with van der Waals surface area (Å²) in [5, 5.41) is 0. The Kier molecular flexibility index (Phi) is 4.83. The van der Waals surface area contributed by atoms with Gasteiger partial charge in [0.15, 0.2) is 0 Å². The van der Waals surface area contributed by atoms with Gasteiger partial charge in [0.2, 0.25) is 0 Å². The molecule has 0 aliphatic carbocycles. The van der Waals surface area contributed by atoms with E-state index in [2.05, 4.69) is 4.74 Å². The average molecular weight is 246 g/mol. The van der Waals surface area contributed by atoms with Crippen molar-refractivity contribution in [2.75, 3.05) is 0 Å². The van der Waals surface area contributed by atoms with Crippen molar-refractivity contribution < 1.29 is 22.3 Å². The van der Waals surface area contributed by atoms with E-state index in [1.165, 1.54) is 0 Å². The minimum atomic E-state index is -4.77. The van der Waals surface area contributed by atoms with E-state index >= 15 is 0 Å². The largest absolute Gasteiger partial charge is 0.573 e. The molecule has 7 heteroatoms. The topological polar surface area (TPSA) is 35.2 Å². The second-order valence-corrected chi connectivity index (χ2v) is 2.51. The van der Waals surface area contributed by atoms with Crippen LogP contribution in [-0.2, 0) is 6.54 Å². The van der Waals surface area contributed by atoms with Gasteiger partial charge >= 0.3 is 6.36 Å². The Bertz CT molecular complexity index is 329. The van der Waals surface area contributed by atoms with E-state index in [4.69, 9.17) is 5.73 Å². The van der Waals surface area contributed by atoms with Crippen LogP contribution in [0.25, 0.3) is 0 Å². The molecule has 0 fully saturated rings. The van der Waals surface area contributed by atoms with Gasteiger partial charge in [-0.25, -0.2) is 4.39 Å². The third-order valence-electron chi connectivity index (χ3n) is 1.47. The van der Waals surface area contributed by atoms with Crippen LogP contribution in [0.5, 0.6) is 5.75 Å². The molecule has 1 aromatic rings. The van der Waals surface area contributed by atoms with Gasteiger partial charge in [-0.3, -0.25) is 0 Å². The molecule has 2 nitrogen and oxygen atoms in total. The minimum Gasteiger partial charge on any atom is -0.406 e. The van der Waals surface area contributed by atoms with Crippen molar-refractivity contribution in [3.63, 3.8) is 0 Å². The molecule has 0 aliphatic rings. The summed E-state index contributed by atoms with van der Waals surface area (Å²) < 4.78 is 51.6. The molecule has 86 valence electrons. The lowest BCUT2D eigenvalue weighted by Gasteiger charge is -2.09. The molecule has 2 N–H and O–H groups in total. The monoisotopic (exact) mass is 245 g/mol. The molecule has 0 radical (unpaired) electrons. The summed E-state index contributed by atoms with van der Waals surface area (Å²) in [4.78, 5) is 0. The van der Waals surface area contributed by atoms with Crippen molar-refractivity contribution in [2.45, 2.75) is 12.9 Å². The van der Waals surface area contributed by atoms with E-state index in [9.17, 15) is 17.6 Å². The first-order valence-electron chi connectivity index (χ1n) is 3.66. The van der Waals surface area contributed by atoms with Crippen LogP contribution >= 0.6 is 12.4 Å². The van der Waals surface area contributed by atoms with E-state index < -0.39 is 17.9 Å². The molecule has 0 spiro atoms. The molecule has 0 saturated heterocycles. The predicted molar refractivity (Wildman–Crippen MR) is 48.2 cm³/mol. The first-order valence-corrected chi connectivity index (χ1v) is 3.66. The zero-order valence-electron chi connectivity index (χ0n) is 7.34. The molecule has 0 saturated carbocycles. The Hall–Kier alpha value is -1.01. The first kappa shape index (κ1) is 14.0. The Morgan fingerprint density at radius 3 is 2.33 bits per heavy atom.